The standard InChI is InChI=1S/C22H25NO5/c1-14-13-15(10-11-17(14)26-2)21(24)16-7-6-12-23(16)22(25)20-18(27-3)8-5-9-19(20)28-4/h5,8-11,13,16H,6-7,12H2,1-4H3. The number of rotatable bonds is 6. The van der Waals surface area contributed by atoms with Gasteiger partial charge in [0, 0.05) is 12.1 Å². The van der Waals surface area contributed by atoms with Crippen molar-refractivity contribution in [2.45, 2.75) is 25.8 Å². The minimum absolute atomic E-state index is 0.0644. The van der Waals surface area contributed by atoms with Crippen LogP contribution in [0.1, 0.15) is 39.1 Å². The Bertz CT molecular complexity index is 870. The zero-order valence-electron chi connectivity index (χ0n) is 16.7. The smallest absolute Gasteiger partial charge is 0.262 e. The molecule has 0 aliphatic carbocycles. The highest BCUT2D eigenvalue weighted by Crippen LogP contribution is 2.33. The van der Waals surface area contributed by atoms with E-state index in [0.29, 0.717) is 35.6 Å². The van der Waals surface area contributed by atoms with Gasteiger partial charge in [0.15, 0.2) is 5.78 Å². The SMILES string of the molecule is COc1ccc(C(=O)C2CCCN2C(=O)c2c(OC)cccc2OC)cc1C. The molecule has 0 N–H and O–H groups in total. The summed E-state index contributed by atoms with van der Waals surface area (Å²) in [5.41, 5.74) is 1.81. The minimum atomic E-state index is -0.505. The maximum absolute atomic E-state index is 13.3. The van der Waals surface area contributed by atoms with Crippen molar-refractivity contribution in [3.63, 3.8) is 0 Å². The van der Waals surface area contributed by atoms with Gasteiger partial charge in [0.1, 0.15) is 22.8 Å². The van der Waals surface area contributed by atoms with Crippen LogP contribution in [0.25, 0.3) is 0 Å². The number of hydrogen-bond acceptors (Lipinski definition) is 5. The molecule has 3 rings (SSSR count). The number of methoxy groups -OCH3 is 3. The van der Waals surface area contributed by atoms with Crippen molar-refractivity contribution in [2.75, 3.05) is 27.9 Å². The van der Waals surface area contributed by atoms with Crippen LogP contribution in [0.5, 0.6) is 17.2 Å². The second kappa shape index (κ2) is 8.33. The molecule has 1 unspecified atom stereocenters. The van der Waals surface area contributed by atoms with Gasteiger partial charge in [-0.2, -0.15) is 0 Å². The first-order valence-corrected chi connectivity index (χ1v) is 9.22. The van der Waals surface area contributed by atoms with Crippen LogP contribution >= 0.6 is 0 Å². The zero-order valence-corrected chi connectivity index (χ0v) is 16.7. The summed E-state index contributed by atoms with van der Waals surface area (Å²) in [6, 6.07) is 10.0. The van der Waals surface area contributed by atoms with Crippen molar-refractivity contribution in [2.24, 2.45) is 0 Å². The molecule has 1 aliphatic heterocycles. The van der Waals surface area contributed by atoms with Gasteiger partial charge in [-0.05, 0) is 55.7 Å². The summed E-state index contributed by atoms with van der Waals surface area (Å²) in [4.78, 5) is 28.1. The first kappa shape index (κ1) is 19.7. The fourth-order valence-corrected chi connectivity index (χ4v) is 3.71. The van der Waals surface area contributed by atoms with Crippen molar-refractivity contribution < 1.29 is 23.8 Å². The summed E-state index contributed by atoms with van der Waals surface area (Å²) >= 11 is 0. The third-order valence-electron chi connectivity index (χ3n) is 5.14. The zero-order chi connectivity index (χ0) is 20.3. The van der Waals surface area contributed by atoms with Crippen LogP contribution in [0, 0.1) is 6.92 Å². The molecular formula is C22H25NO5. The molecule has 0 spiro atoms. The Balaban J connectivity index is 1.92. The summed E-state index contributed by atoms with van der Waals surface area (Å²) in [5, 5.41) is 0. The number of nitrogens with zero attached hydrogens (tertiary/aromatic N) is 1. The highest BCUT2D eigenvalue weighted by Gasteiger charge is 2.37. The quantitative estimate of drug-likeness (QED) is 0.714. The fraction of sp³-hybridized carbons (Fsp3) is 0.364. The van der Waals surface area contributed by atoms with Gasteiger partial charge in [-0.1, -0.05) is 6.07 Å². The Kier molecular flexibility index (Phi) is 5.87. The van der Waals surface area contributed by atoms with Crippen LogP contribution in [-0.2, 0) is 0 Å². The predicted octanol–water partition coefficient (Wildman–Crippen LogP) is 3.51. The van der Waals surface area contributed by atoms with Gasteiger partial charge in [-0.3, -0.25) is 9.59 Å². The summed E-state index contributed by atoms with van der Waals surface area (Å²) in [7, 11) is 4.62. The summed E-state index contributed by atoms with van der Waals surface area (Å²) in [6.07, 6.45) is 1.40. The summed E-state index contributed by atoms with van der Waals surface area (Å²) in [6.45, 7) is 2.42. The van der Waals surface area contributed by atoms with E-state index in [2.05, 4.69) is 0 Å². The van der Waals surface area contributed by atoms with E-state index in [1.54, 1.807) is 42.3 Å². The number of likely N-dealkylation sites (tertiary alicyclic amines) is 1. The van der Waals surface area contributed by atoms with E-state index in [-0.39, 0.29) is 11.7 Å². The molecule has 1 atom stereocenters. The molecule has 1 heterocycles. The van der Waals surface area contributed by atoms with Gasteiger partial charge in [0.05, 0.1) is 27.4 Å². The van der Waals surface area contributed by atoms with E-state index in [4.69, 9.17) is 14.2 Å². The van der Waals surface area contributed by atoms with Gasteiger partial charge in [0.25, 0.3) is 5.91 Å². The molecule has 0 saturated carbocycles. The maximum atomic E-state index is 13.3. The van der Waals surface area contributed by atoms with E-state index in [9.17, 15) is 9.59 Å². The molecule has 1 amide bonds. The van der Waals surface area contributed by atoms with Gasteiger partial charge >= 0.3 is 0 Å². The van der Waals surface area contributed by atoms with Crippen molar-refractivity contribution in [1.82, 2.24) is 4.90 Å². The molecule has 28 heavy (non-hydrogen) atoms. The Hall–Kier alpha value is -3.02. The number of ether oxygens (including phenoxy) is 3. The Morgan fingerprint density at radius 1 is 0.964 bits per heavy atom. The first-order valence-electron chi connectivity index (χ1n) is 9.22. The number of amides is 1. The van der Waals surface area contributed by atoms with Crippen molar-refractivity contribution in [1.29, 1.82) is 0 Å². The number of benzene rings is 2. The lowest BCUT2D eigenvalue weighted by molar-refractivity contribution is 0.0666. The molecule has 6 nitrogen and oxygen atoms in total. The molecule has 148 valence electrons. The van der Waals surface area contributed by atoms with E-state index >= 15 is 0 Å². The Morgan fingerprint density at radius 2 is 1.61 bits per heavy atom. The number of carbonyl (C=O) groups is 2. The van der Waals surface area contributed by atoms with E-state index in [1.165, 1.54) is 14.2 Å². The number of ketones is 1. The second-order valence-electron chi connectivity index (χ2n) is 6.74. The van der Waals surface area contributed by atoms with Crippen LogP contribution in [0.4, 0.5) is 0 Å². The van der Waals surface area contributed by atoms with Crippen LogP contribution < -0.4 is 14.2 Å². The summed E-state index contributed by atoms with van der Waals surface area (Å²) in [5.74, 6) is 1.28. The molecular weight excluding hydrogens is 358 g/mol. The van der Waals surface area contributed by atoms with Crippen molar-refractivity contribution in [3.05, 3.63) is 53.1 Å². The lowest BCUT2D eigenvalue weighted by atomic mass is 9.99. The molecule has 1 saturated heterocycles. The average molecular weight is 383 g/mol. The summed E-state index contributed by atoms with van der Waals surface area (Å²) < 4.78 is 16.0. The molecule has 0 aromatic heterocycles. The fourth-order valence-electron chi connectivity index (χ4n) is 3.71. The van der Waals surface area contributed by atoms with E-state index in [1.807, 2.05) is 13.0 Å². The first-order chi connectivity index (χ1) is 13.5. The number of aryl methyl sites for hydroxylation is 1. The molecule has 1 fully saturated rings. The lowest BCUT2D eigenvalue weighted by Crippen LogP contribution is -2.40. The molecule has 2 aromatic rings. The molecule has 0 bridgehead atoms. The van der Waals surface area contributed by atoms with Crippen LogP contribution in [0.2, 0.25) is 0 Å². The average Bonchev–Trinajstić information content (AvgIpc) is 3.21. The van der Waals surface area contributed by atoms with Gasteiger partial charge in [-0.15, -0.1) is 0 Å². The number of hydrogen-bond donors (Lipinski definition) is 0. The van der Waals surface area contributed by atoms with E-state index < -0.39 is 6.04 Å². The second-order valence-corrected chi connectivity index (χ2v) is 6.74. The minimum Gasteiger partial charge on any atom is -0.496 e. The maximum Gasteiger partial charge on any atom is 0.262 e. The predicted molar refractivity (Wildman–Crippen MR) is 106 cm³/mol. The van der Waals surface area contributed by atoms with Gasteiger partial charge < -0.3 is 19.1 Å². The molecule has 1 aliphatic rings. The van der Waals surface area contributed by atoms with Crippen molar-refractivity contribution >= 4 is 11.7 Å². The van der Waals surface area contributed by atoms with Gasteiger partial charge in [0.2, 0.25) is 0 Å². The van der Waals surface area contributed by atoms with Crippen molar-refractivity contribution in [3.8, 4) is 17.2 Å². The lowest BCUT2D eigenvalue weighted by Gasteiger charge is -2.25. The Morgan fingerprint density at radius 3 is 2.18 bits per heavy atom. The molecule has 6 heteroatoms. The third kappa shape index (κ3) is 3.54. The van der Waals surface area contributed by atoms with Crippen LogP contribution in [0.15, 0.2) is 36.4 Å². The topological polar surface area (TPSA) is 65.1 Å². The third-order valence-corrected chi connectivity index (χ3v) is 5.14. The van der Waals surface area contributed by atoms with Crippen LogP contribution in [0.3, 0.4) is 0 Å². The monoisotopic (exact) mass is 383 g/mol. The van der Waals surface area contributed by atoms with E-state index in [0.717, 1.165) is 17.7 Å². The molecule has 2 aromatic carbocycles. The normalized spacial score (nSPS) is 16.0. The van der Waals surface area contributed by atoms with Crippen LogP contribution in [-0.4, -0.2) is 50.5 Å². The highest BCUT2D eigenvalue weighted by molar-refractivity contribution is 6.06. The molecule has 0 radical (unpaired) electrons. The van der Waals surface area contributed by atoms with Gasteiger partial charge in [-0.25, -0.2) is 0 Å². The largest absolute Gasteiger partial charge is 0.496 e. The highest BCUT2D eigenvalue weighted by atomic mass is 16.5. The number of carbonyl (C=O) groups excluding carboxylic acids is 2. The Labute approximate surface area is 165 Å². The number of Topliss-reactive ketones (excluding diaryl/α,β-unsaturated/α-hetero) is 1.